The topological polar surface area (TPSA) is 63.7 Å². The smallest absolute Gasteiger partial charge is 0.308 e. The van der Waals surface area contributed by atoms with Gasteiger partial charge in [0.25, 0.3) is 11.8 Å². The van der Waals surface area contributed by atoms with Crippen molar-refractivity contribution in [3.63, 3.8) is 0 Å². The van der Waals surface area contributed by atoms with Crippen molar-refractivity contribution >= 4 is 39.3 Å². The lowest BCUT2D eigenvalue weighted by Crippen LogP contribution is -2.41. The number of carbonyl (C=O) groups excluding carboxylic acids is 3. The highest BCUT2D eigenvalue weighted by Crippen LogP contribution is 2.31. The molecule has 1 aliphatic rings. The van der Waals surface area contributed by atoms with Crippen LogP contribution in [0.2, 0.25) is 0 Å². The van der Waals surface area contributed by atoms with Crippen molar-refractivity contribution in [3.8, 4) is 0 Å². The summed E-state index contributed by atoms with van der Waals surface area (Å²) in [7, 11) is 0. The molecule has 0 aliphatic carbocycles. The monoisotopic (exact) mass is 389 g/mol. The van der Waals surface area contributed by atoms with Crippen molar-refractivity contribution in [2.75, 3.05) is 6.61 Å². The molecule has 0 N–H and O–H groups in total. The van der Waals surface area contributed by atoms with E-state index >= 15 is 0 Å². The van der Waals surface area contributed by atoms with Crippen molar-refractivity contribution in [2.24, 2.45) is 5.92 Å². The third-order valence-corrected chi connectivity index (χ3v) is 5.66. The average molecular weight is 389 g/mol. The van der Waals surface area contributed by atoms with Crippen molar-refractivity contribution < 1.29 is 19.1 Å². The van der Waals surface area contributed by atoms with E-state index in [1.54, 1.807) is 26.0 Å². The van der Waals surface area contributed by atoms with E-state index in [0.717, 1.165) is 21.5 Å². The van der Waals surface area contributed by atoms with Crippen LogP contribution in [0.4, 0.5) is 0 Å². The number of fused-ring (bicyclic) bond motifs is 3. The molecule has 4 rings (SSSR count). The molecule has 0 spiro atoms. The number of benzene rings is 3. The fraction of sp³-hybridized carbons (Fsp3) is 0.292. The Morgan fingerprint density at radius 2 is 1.41 bits per heavy atom. The maximum absolute atomic E-state index is 13.0. The molecule has 0 saturated heterocycles. The van der Waals surface area contributed by atoms with Gasteiger partial charge in [0, 0.05) is 0 Å². The summed E-state index contributed by atoms with van der Waals surface area (Å²) in [5, 5.41) is 4.00. The number of nitrogens with zero attached hydrogens (tertiary/aromatic N) is 1. The van der Waals surface area contributed by atoms with Crippen molar-refractivity contribution in [1.82, 2.24) is 4.90 Å². The second-order valence-electron chi connectivity index (χ2n) is 7.71. The van der Waals surface area contributed by atoms with Crippen LogP contribution in [0.3, 0.4) is 0 Å². The number of carbonyl (C=O) groups is 3. The Labute approximate surface area is 169 Å². The van der Waals surface area contributed by atoms with Gasteiger partial charge in [-0.15, -0.1) is 0 Å². The molecule has 0 radical (unpaired) electrons. The molecule has 0 saturated carbocycles. The number of rotatable bonds is 5. The number of amides is 2. The van der Waals surface area contributed by atoms with Gasteiger partial charge >= 0.3 is 5.97 Å². The molecule has 148 valence electrons. The number of imide groups is 1. The maximum atomic E-state index is 13.0. The maximum Gasteiger partial charge on any atom is 0.308 e. The number of hydrogen-bond donors (Lipinski definition) is 0. The lowest BCUT2D eigenvalue weighted by atomic mass is 9.99. The van der Waals surface area contributed by atoms with E-state index in [0.29, 0.717) is 17.5 Å². The van der Waals surface area contributed by atoms with E-state index in [9.17, 15) is 14.4 Å². The first-order valence-corrected chi connectivity index (χ1v) is 9.91. The lowest BCUT2D eigenvalue weighted by Gasteiger charge is -2.22. The first-order chi connectivity index (χ1) is 13.9. The lowest BCUT2D eigenvalue weighted by molar-refractivity contribution is -0.149. The standard InChI is InChI=1S/C24H23NO4/c1-4-14(2)24(28)29-13-15(3)25-22(26)20-11-18-9-16-7-5-6-8-17(16)10-19(18)12-21(20)23(25)27/h5-12,14-15H,4,13H2,1-3H3/t14-,15-/m0/s1. The minimum atomic E-state index is -0.530. The quantitative estimate of drug-likeness (QED) is 0.364. The highest BCUT2D eigenvalue weighted by atomic mass is 16.5. The van der Waals surface area contributed by atoms with Gasteiger partial charge in [0.15, 0.2) is 0 Å². The molecule has 3 aromatic carbocycles. The molecule has 2 atom stereocenters. The minimum absolute atomic E-state index is 0.00194. The summed E-state index contributed by atoms with van der Waals surface area (Å²) in [5.41, 5.74) is 0.802. The zero-order valence-electron chi connectivity index (χ0n) is 16.8. The molecule has 1 heterocycles. The van der Waals surface area contributed by atoms with Gasteiger partial charge < -0.3 is 4.74 Å². The Kier molecular flexibility index (Phi) is 4.82. The van der Waals surface area contributed by atoms with E-state index in [1.165, 1.54) is 4.90 Å². The largest absolute Gasteiger partial charge is 0.463 e. The molecule has 5 nitrogen and oxygen atoms in total. The molecule has 0 fully saturated rings. The van der Waals surface area contributed by atoms with E-state index in [1.807, 2.05) is 43.3 Å². The number of hydrogen-bond acceptors (Lipinski definition) is 4. The Morgan fingerprint density at radius 1 is 0.897 bits per heavy atom. The van der Waals surface area contributed by atoms with E-state index in [2.05, 4.69) is 0 Å². The molecule has 1 aliphatic heterocycles. The summed E-state index contributed by atoms with van der Waals surface area (Å²) in [4.78, 5) is 39.0. The molecule has 0 unspecified atom stereocenters. The number of ether oxygens (including phenoxy) is 1. The predicted octanol–water partition coefficient (Wildman–Crippen LogP) is 4.57. The fourth-order valence-corrected chi connectivity index (χ4v) is 3.68. The predicted molar refractivity (Wildman–Crippen MR) is 112 cm³/mol. The first-order valence-electron chi connectivity index (χ1n) is 9.91. The van der Waals surface area contributed by atoms with Crippen LogP contribution in [-0.2, 0) is 9.53 Å². The van der Waals surface area contributed by atoms with Crippen molar-refractivity contribution in [2.45, 2.75) is 33.2 Å². The second-order valence-corrected chi connectivity index (χ2v) is 7.71. The first kappa shape index (κ1) is 19.1. The van der Waals surface area contributed by atoms with Gasteiger partial charge in [-0.3, -0.25) is 19.3 Å². The molecule has 0 aromatic heterocycles. The van der Waals surface area contributed by atoms with Gasteiger partial charge in [0.05, 0.1) is 23.1 Å². The third kappa shape index (κ3) is 3.27. The van der Waals surface area contributed by atoms with E-state index in [4.69, 9.17) is 4.74 Å². The van der Waals surface area contributed by atoms with Gasteiger partial charge in [0.2, 0.25) is 0 Å². The van der Waals surface area contributed by atoms with Crippen LogP contribution in [0.25, 0.3) is 21.5 Å². The van der Waals surface area contributed by atoms with Crippen LogP contribution in [0, 0.1) is 5.92 Å². The molecular weight excluding hydrogens is 366 g/mol. The summed E-state index contributed by atoms with van der Waals surface area (Å²) in [6.45, 7) is 5.43. The summed E-state index contributed by atoms with van der Waals surface area (Å²) in [5.74, 6) is -1.20. The Morgan fingerprint density at radius 3 is 1.90 bits per heavy atom. The normalized spacial score (nSPS) is 15.6. The van der Waals surface area contributed by atoms with Gasteiger partial charge in [-0.05, 0) is 59.2 Å². The Balaban J connectivity index is 1.64. The average Bonchev–Trinajstić information content (AvgIpc) is 2.97. The van der Waals surface area contributed by atoms with E-state index in [-0.39, 0.29) is 30.3 Å². The summed E-state index contributed by atoms with van der Waals surface area (Å²) in [6.07, 6.45) is 0.682. The molecule has 2 amide bonds. The van der Waals surface area contributed by atoms with Gasteiger partial charge in [0.1, 0.15) is 6.61 Å². The molecule has 29 heavy (non-hydrogen) atoms. The Hall–Kier alpha value is -3.21. The minimum Gasteiger partial charge on any atom is -0.463 e. The van der Waals surface area contributed by atoms with E-state index < -0.39 is 6.04 Å². The van der Waals surface area contributed by atoms with Crippen LogP contribution in [0.1, 0.15) is 47.9 Å². The van der Waals surface area contributed by atoms with Crippen LogP contribution < -0.4 is 0 Å². The third-order valence-electron chi connectivity index (χ3n) is 5.66. The van der Waals surface area contributed by atoms with Gasteiger partial charge in [-0.25, -0.2) is 0 Å². The fourth-order valence-electron chi connectivity index (χ4n) is 3.68. The molecular formula is C24H23NO4. The van der Waals surface area contributed by atoms with Crippen LogP contribution in [-0.4, -0.2) is 35.3 Å². The van der Waals surface area contributed by atoms with Crippen molar-refractivity contribution in [3.05, 3.63) is 59.7 Å². The van der Waals surface area contributed by atoms with Gasteiger partial charge in [-0.2, -0.15) is 0 Å². The highest BCUT2D eigenvalue weighted by Gasteiger charge is 2.39. The zero-order chi connectivity index (χ0) is 20.7. The SMILES string of the molecule is CC[C@H](C)C(=O)OC[C@H](C)N1C(=O)c2cc3cc4ccccc4cc3cc2C1=O. The highest BCUT2D eigenvalue weighted by molar-refractivity contribution is 6.23. The van der Waals surface area contributed by atoms with Crippen LogP contribution in [0.15, 0.2) is 48.5 Å². The Bertz CT molecular complexity index is 1080. The van der Waals surface area contributed by atoms with Crippen LogP contribution >= 0.6 is 0 Å². The summed E-state index contributed by atoms with van der Waals surface area (Å²) < 4.78 is 5.31. The van der Waals surface area contributed by atoms with Gasteiger partial charge in [-0.1, -0.05) is 38.1 Å². The molecule has 3 aromatic rings. The molecule has 0 bridgehead atoms. The summed E-state index contributed by atoms with van der Waals surface area (Å²) in [6, 6.07) is 15.1. The van der Waals surface area contributed by atoms with Crippen LogP contribution in [0.5, 0.6) is 0 Å². The second kappa shape index (κ2) is 7.32. The zero-order valence-corrected chi connectivity index (χ0v) is 16.8. The van der Waals surface area contributed by atoms with Crippen molar-refractivity contribution in [1.29, 1.82) is 0 Å². The summed E-state index contributed by atoms with van der Waals surface area (Å²) >= 11 is 0. The molecule has 5 heteroatoms. The number of esters is 1.